The Morgan fingerprint density at radius 2 is 1.71 bits per heavy atom. The molecular weight excluding hydrogens is 497 g/mol. The molecule has 3 atom stereocenters. The lowest BCUT2D eigenvalue weighted by molar-refractivity contribution is -0.159. The van der Waals surface area contributed by atoms with Gasteiger partial charge in [0.25, 0.3) is 11.8 Å². The van der Waals surface area contributed by atoms with E-state index in [1.165, 1.54) is 30.4 Å². The number of rotatable bonds is 4. The Hall–Kier alpha value is -4.61. The van der Waals surface area contributed by atoms with E-state index >= 15 is 0 Å². The van der Waals surface area contributed by atoms with E-state index in [9.17, 15) is 23.6 Å². The van der Waals surface area contributed by atoms with E-state index in [0.717, 1.165) is 24.3 Å². The summed E-state index contributed by atoms with van der Waals surface area (Å²) in [5.41, 5.74) is -2.09. The second kappa shape index (κ2) is 8.75. The van der Waals surface area contributed by atoms with Gasteiger partial charge < -0.3 is 14.4 Å². The van der Waals surface area contributed by atoms with Crippen LogP contribution < -0.4 is 10.4 Å². The highest BCUT2D eigenvalue weighted by atomic mass is 19.1. The molecule has 0 aromatic heterocycles. The number of fused-ring (bicyclic) bond motifs is 2. The number of hydrogen-bond donors (Lipinski definition) is 1. The molecule has 1 N–H and O–H groups in total. The number of ether oxygens (including phenoxy) is 2. The minimum absolute atomic E-state index is 0.0172. The number of nitrogens with zero attached hydrogens (tertiary/aromatic N) is 4. The van der Waals surface area contributed by atoms with Crippen molar-refractivity contribution in [3.05, 3.63) is 66.0 Å². The topological polar surface area (TPSA) is 130 Å². The van der Waals surface area contributed by atoms with E-state index in [-0.39, 0.29) is 29.9 Å². The highest BCUT2D eigenvalue weighted by Crippen LogP contribution is 2.56. The van der Waals surface area contributed by atoms with Crippen molar-refractivity contribution in [2.24, 2.45) is 15.6 Å². The minimum atomic E-state index is -2.05. The molecule has 0 aliphatic carbocycles. The number of benzene rings is 2. The Morgan fingerprint density at radius 1 is 1.03 bits per heavy atom. The summed E-state index contributed by atoms with van der Waals surface area (Å²) in [5.74, 6) is -3.42. The molecule has 0 unspecified atom stereocenters. The third-order valence-electron chi connectivity index (χ3n) is 7.45. The summed E-state index contributed by atoms with van der Waals surface area (Å²) in [4.78, 5) is 55.8. The molecule has 3 heterocycles. The lowest BCUT2D eigenvalue weighted by Crippen LogP contribution is -2.77. The van der Waals surface area contributed by atoms with Gasteiger partial charge in [-0.15, -0.1) is 0 Å². The molecule has 5 rings (SSSR count). The van der Waals surface area contributed by atoms with Gasteiger partial charge >= 0.3 is 11.9 Å². The maximum absolute atomic E-state index is 14.4. The lowest BCUT2D eigenvalue weighted by atomic mass is 9.61. The van der Waals surface area contributed by atoms with Crippen LogP contribution in [0.2, 0.25) is 0 Å². The van der Waals surface area contributed by atoms with Crippen LogP contribution in [-0.2, 0) is 23.9 Å². The first kappa shape index (κ1) is 25.1. The van der Waals surface area contributed by atoms with Crippen molar-refractivity contribution in [1.82, 2.24) is 10.3 Å². The fourth-order valence-corrected chi connectivity index (χ4v) is 5.65. The van der Waals surface area contributed by atoms with Gasteiger partial charge in [0, 0.05) is 23.9 Å². The molecule has 3 aliphatic heterocycles. The van der Waals surface area contributed by atoms with E-state index in [1.54, 1.807) is 37.3 Å². The number of hydrogen-bond acceptors (Lipinski definition) is 9. The number of carbonyl (C=O) groups is 4. The van der Waals surface area contributed by atoms with Gasteiger partial charge in [-0.3, -0.25) is 15.0 Å². The van der Waals surface area contributed by atoms with E-state index < -0.39 is 46.1 Å². The number of carbonyl (C=O) groups excluding carboxylic acids is 4. The summed E-state index contributed by atoms with van der Waals surface area (Å²) < 4.78 is 23.6. The zero-order valence-electron chi connectivity index (χ0n) is 20.8. The maximum Gasteiger partial charge on any atom is 0.354 e. The average molecular weight is 522 g/mol. The largest absolute Gasteiger partial charge is 0.467 e. The Balaban J connectivity index is 1.73. The number of likely N-dealkylation sites (tertiary alicyclic amines) is 1. The number of anilines is 1. The van der Waals surface area contributed by atoms with Crippen LogP contribution in [0.4, 0.5) is 10.1 Å². The first-order valence-electron chi connectivity index (χ1n) is 11.7. The Kier molecular flexibility index (Phi) is 5.77. The van der Waals surface area contributed by atoms with E-state index in [0.29, 0.717) is 0 Å². The number of esters is 2. The van der Waals surface area contributed by atoms with Crippen molar-refractivity contribution in [2.75, 3.05) is 25.8 Å². The summed E-state index contributed by atoms with van der Waals surface area (Å²) in [6, 6.07) is 13.3. The number of hydrazone groups is 2. The molecule has 1 saturated heterocycles. The number of nitrogens with one attached hydrogen (secondary N) is 1. The van der Waals surface area contributed by atoms with Crippen molar-refractivity contribution in [2.45, 2.75) is 24.4 Å². The second-order valence-corrected chi connectivity index (χ2v) is 9.50. The molecule has 1 spiro atoms. The summed E-state index contributed by atoms with van der Waals surface area (Å²) in [5, 5.41) is 9.42. The standard InChI is InChI=1S/C26H24FN5O6/c1-24-13-19(21(34)37-2)29-30-26(24,23(36)38-3)25(31(15-24)20(33)16-7-5-4-6-8-16)14-28-32(22(25)35)18-11-9-17(27)10-12-18/h4-12,14,30H,13,15H2,1-3H3/t24-,25-,26-/m1/s1. The van der Waals surface area contributed by atoms with Crippen LogP contribution >= 0.6 is 0 Å². The third-order valence-corrected chi connectivity index (χ3v) is 7.45. The van der Waals surface area contributed by atoms with Gasteiger partial charge in [-0.2, -0.15) is 15.2 Å². The van der Waals surface area contributed by atoms with Crippen LogP contribution in [0.15, 0.2) is 64.8 Å². The molecule has 0 saturated carbocycles. The van der Waals surface area contributed by atoms with Crippen molar-refractivity contribution in [3.63, 3.8) is 0 Å². The number of methoxy groups -OCH3 is 2. The molecule has 0 bridgehead atoms. The molecule has 196 valence electrons. The molecule has 11 nitrogen and oxygen atoms in total. The van der Waals surface area contributed by atoms with Crippen molar-refractivity contribution in [1.29, 1.82) is 0 Å². The van der Waals surface area contributed by atoms with Crippen LogP contribution in [0.3, 0.4) is 0 Å². The number of amides is 2. The molecule has 12 heteroatoms. The Bertz CT molecular complexity index is 1400. The molecular formula is C26H24FN5O6. The monoisotopic (exact) mass is 521 g/mol. The normalized spacial score (nSPS) is 27.6. The summed E-state index contributed by atoms with van der Waals surface area (Å²) >= 11 is 0. The second-order valence-electron chi connectivity index (χ2n) is 9.50. The van der Waals surface area contributed by atoms with Gasteiger partial charge in [0.1, 0.15) is 11.5 Å². The molecule has 38 heavy (non-hydrogen) atoms. The van der Waals surface area contributed by atoms with Gasteiger partial charge in [0.15, 0.2) is 11.1 Å². The van der Waals surface area contributed by atoms with Crippen LogP contribution in [0.1, 0.15) is 23.7 Å². The molecule has 3 aliphatic rings. The molecule has 0 radical (unpaired) electrons. The SMILES string of the molecule is COC(=O)C1=NN[C@]2(C(=O)OC)[C@](C)(C1)CN(C(=O)c1ccccc1)[C@@]21C=NN(c2ccc(F)cc2)C1=O. The fraction of sp³-hybridized carbons (Fsp3) is 0.308. The van der Waals surface area contributed by atoms with Crippen molar-refractivity contribution >= 4 is 41.4 Å². The molecule has 1 fully saturated rings. The first-order valence-corrected chi connectivity index (χ1v) is 11.7. The van der Waals surface area contributed by atoms with Crippen LogP contribution in [0, 0.1) is 11.2 Å². The molecule has 2 aromatic carbocycles. The zero-order valence-corrected chi connectivity index (χ0v) is 20.8. The minimum Gasteiger partial charge on any atom is -0.467 e. The molecule has 2 amide bonds. The van der Waals surface area contributed by atoms with Crippen LogP contribution in [-0.4, -0.2) is 72.4 Å². The smallest absolute Gasteiger partial charge is 0.354 e. The summed E-state index contributed by atoms with van der Waals surface area (Å²) in [6.45, 7) is 1.52. The van der Waals surface area contributed by atoms with Crippen molar-refractivity contribution < 1.29 is 33.0 Å². The van der Waals surface area contributed by atoms with E-state index in [4.69, 9.17) is 9.47 Å². The van der Waals surface area contributed by atoms with E-state index in [2.05, 4.69) is 15.6 Å². The predicted molar refractivity (Wildman–Crippen MR) is 133 cm³/mol. The van der Waals surface area contributed by atoms with Crippen LogP contribution in [0.25, 0.3) is 0 Å². The third kappa shape index (κ3) is 3.19. The van der Waals surface area contributed by atoms with Crippen molar-refractivity contribution in [3.8, 4) is 0 Å². The average Bonchev–Trinajstić information content (AvgIpc) is 3.40. The summed E-state index contributed by atoms with van der Waals surface area (Å²) in [6.07, 6.45) is 1.10. The lowest BCUT2D eigenvalue weighted by Gasteiger charge is -2.48. The zero-order chi connectivity index (χ0) is 27.3. The summed E-state index contributed by atoms with van der Waals surface area (Å²) in [7, 11) is 2.35. The Labute approximate surface area is 216 Å². The van der Waals surface area contributed by atoms with Gasteiger partial charge in [-0.05, 0) is 36.4 Å². The van der Waals surface area contributed by atoms with Crippen LogP contribution in [0.5, 0.6) is 0 Å². The molecule has 2 aromatic rings. The van der Waals surface area contributed by atoms with Gasteiger partial charge in [-0.1, -0.05) is 25.1 Å². The Morgan fingerprint density at radius 3 is 2.34 bits per heavy atom. The maximum atomic E-state index is 14.4. The fourth-order valence-electron chi connectivity index (χ4n) is 5.65. The van der Waals surface area contributed by atoms with E-state index in [1.807, 2.05) is 0 Å². The highest BCUT2D eigenvalue weighted by molar-refractivity contribution is 6.37. The quantitative estimate of drug-likeness (QED) is 0.604. The van der Waals surface area contributed by atoms with Gasteiger partial charge in [0.05, 0.1) is 26.1 Å². The predicted octanol–water partition coefficient (Wildman–Crippen LogP) is 1.49. The van der Waals surface area contributed by atoms with Gasteiger partial charge in [-0.25, -0.2) is 14.0 Å². The number of halogens is 1. The first-order chi connectivity index (χ1) is 18.1. The highest BCUT2D eigenvalue weighted by Gasteiger charge is 2.81. The van der Waals surface area contributed by atoms with Gasteiger partial charge in [0.2, 0.25) is 0 Å².